The highest BCUT2D eigenvalue weighted by Crippen LogP contribution is 2.46. The molecule has 1 atom stereocenters. The Balaban J connectivity index is 2.00. The Morgan fingerprint density at radius 3 is 2.42 bits per heavy atom. The van der Waals surface area contributed by atoms with Crippen LogP contribution < -0.4 is 15.4 Å². The Hall–Kier alpha value is -3.00. The summed E-state index contributed by atoms with van der Waals surface area (Å²) >= 11 is 0. The van der Waals surface area contributed by atoms with Gasteiger partial charge in [-0.25, -0.2) is 9.78 Å². The van der Waals surface area contributed by atoms with Gasteiger partial charge in [-0.2, -0.15) is 26.3 Å². The van der Waals surface area contributed by atoms with Crippen LogP contribution >= 0.6 is 0 Å². The number of nitrogens with zero attached hydrogens (tertiary/aromatic N) is 4. The molecule has 0 aliphatic carbocycles. The van der Waals surface area contributed by atoms with Gasteiger partial charge in [0.15, 0.2) is 12.1 Å². The summed E-state index contributed by atoms with van der Waals surface area (Å²) in [6.45, 7) is 0.597. The van der Waals surface area contributed by atoms with Gasteiger partial charge in [0.1, 0.15) is 5.56 Å². The first kappa shape index (κ1) is 22.7. The van der Waals surface area contributed by atoms with E-state index in [0.29, 0.717) is 12.6 Å². The van der Waals surface area contributed by atoms with Crippen LogP contribution in [0.3, 0.4) is 0 Å². The SMILES string of the molecule is NC(=O)Oc1c(N2CCN(CCn3ccnc3)C2O)cc(C(F)(F)F)cc1C(F)(F)F. The number of carbonyl (C=O) groups is 1. The van der Waals surface area contributed by atoms with E-state index in [1.807, 2.05) is 0 Å². The van der Waals surface area contributed by atoms with Crippen LogP contribution in [0.5, 0.6) is 5.75 Å². The fourth-order valence-corrected chi connectivity index (χ4v) is 3.21. The van der Waals surface area contributed by atoms with Gasteiger partial charge in [-0.1, -0.05) is 0 Å². The van der Waals surface area contributed by atoms with Crippen molar-refractivity contribution in [2.75, 3.05) is 24.5 Å². The third-order valence-corrected chi connectivity index (χ3v) is 4.65. The second-order valence-corrected chi connectivity index (χ2v) is 6.66. The number of imidazole rings is 1. The molecule has 170 valence electrons. The molecule has 8 nitrogen and oxygen atoms in total. The predicted molar refractivity (Wildman–Crippen MR) is 93.8 cm³/mol. The fourth-order valence-electron chi connectivity index (χ4n) is 3.21. The maximum Gasteiger partial charge on any atom is 0.420 e. The number of hydrogen-bond donors (Lipinski definition) is 2. The number of aliphatic hydroxyl groups is 1. The van der Waals surface area contributed by atoms with E-state index in [1.165, 1.54) is 17.4 Å². The minimum Gasteiger partial charge on any atom is -0.408 e. The first-order chi connectivity index (χ1) is 14.4. The Morgan fingerprint density at radius 1 is 1.16 bits per heavy atom. The topological polar surface area (TPSA) is 96.9 Å². The van der Waals surface area contributed by atoms with Gasteiger partial charge in [-0.15, -0.1) is 0 Å². The molecule has 2 aromatic rings. The van der Waals surface area contributed by atoms with Crippen LogP contribution in [0.1, 0.15) is 11.1 Å². The summed E-state index contributed by atoms with van der Waals surface area (Å²) < 4.78 is 86.4. The highest BCUT2D eigenvalue weighted by Gasteiger charge is 2.43. The molecule has 1 fully saturated rings. The van der Waals surface area contributed by atoms with Crippen molar-refractivity contribution in [3.05, 3.63) is 42.0 Å². The van der Waals surface area contributed by atoms with Gasteiger partial charge in [-0.3, -0.25) is 4.90 Å². The van der Waals surface area contributed by atoms with Crippen molar-refractivity contribution in [3.63, 3.8) is 0 Å². The number of hydrogen-bond acceptors (Lipinski definition) is 6. The van der Waals surface area contributed by atoms with Gasteiger partial charge in [0.05, 0.1) is 17.6 Å². The summed E-state index contributed by atoms with van der Waals surface area (Å²) in [7, 11) is 0. The lowest BCUT2D eigenvalue weighted by molar-refractivity contribution is -0.143. The van der Waals surface area contributed by atoms with Crippen molar-refractivity contribution in [2.24, 2.45) is 5.73 Å². The Kier molecular flexibility index (Phi) is 6.04. The normalized spacial score (nSPS) is 17.9. The van der Waals surface area contributed by atoms with Gasteiger partial charge < -0.3 is 25.0 Å². The lowest BCUT2D eigenvalue weighted by atomic mass is 10.1. The molecule has 3 rings (SSSR count). The molecule has 0 radical (unpaired) electrons. The minimum atomic E-state index is -5.29. The average molecular weight is 453 g/mol. The summed E-state index contributed by atoms with van der Waals surface area (Å²) in [5, 5.41) is 10.6. The predicted octanol–water partition coefficient (Wildman–Crippen LogP) is 2.48. The van der Waals surface area contributed by atoms with Crippen LogP contribution in [0.15, 0.2) is 30.9 Å². The first-order valence-corrected chi connectivity index (χ1v) is 8.82. The number of anilines is 1. The van der Waals surface area contributed by atoms with E-state index in [4.69, 9.17) is 5.73 Å². The van der Waals surface area contributed by atoms with Crippen LogP contribution in [0.2, 0.25) is 0 Å². The smallest absolute Gasteiger partial charge is 0.408 e. The van der Waals surface area contributed by atoms with E-state index in [9.17, 15) is 36.2 Å². The molecule has 0 bridgehead atoms. The van der Waals surface area contributed by atoms with Crippen molar-refractivity contribution in [1.29, 1.82) is 0 Å². The molecule has 1 amide bonds. The van der Waals surface area contributed by atoms with Crippen molar-refractivity contribution >= 4 is 11.8 Å². The second kappa shape index (κ2) is 8.26. The molecular formula is C17H17F6N5O3. The molecule has 1 aliphatic rings. The van der Waals surface area contributed by atoms with E-state index in [2.05, 4.69) is 9.72 Å². The first-order valence-electron chi connectivity index (χ1n) is 8.82. The van der Waals surface area contributed by atoms with Crippen LogP contribution in [0.4, 0.5) is 36.8 Å². The number of nitrogens with two attached hydrogens (primary N) is 1. The van der Waals surface area contributed by atoms with Crippen molar-refractivity contribution < 1.29 is 41.0 Å². The third kappa shape index (κ3) is 5.02. The molecule has 0 saturated carbocycles. The van der Waals surface area contributed by atoms with Crippen LogP contribution in [-0.2, 0) is 18.9 Å². The quantitative estimate of drug-likeness (QED) is 0.676. The molecule has 1 aromatic carbocycles. The highest BCUT2D eigenvalue weighted by atomic mass is 19.4. The van der Waals surface area contributed by atoms with Gasteiger partial charge in [-0.05, 0) is 12.1 Å². The number of ether oxygens (including phenoxy) is 1. The van der Waals surface area contributed by atoms with E-state index in [0.717, 1.165) is 4.90 Å². The molecule has 1 unspecified atom stereocenters. The van der Waals surface area contributed by atoms with E-state index in [-0.39, 0.29) is 25.7 Å². The fraction of sp³-hybridized carbons (Fsp3) is 0.412. The summed E-state index contributed by atoms with van der Waals surface area (Å²) in [4.78, 5) is 17.4. The van der Waals surface area contributed by atoms with Gasteiger partial charge in [0, 0.05) is 38.6 Å². The Bertz CT molecular complexity index is 932. The lowest BCUT2D eigenvalue weighted by Crippen LogP contribution is -2.40. The number of rotatable bonds is 5. The van der Waals surface area contributed by atoms with E-state index < -0.39 is 47.4 Å². The Labute approximate surface area is 171 Å². The lowest BCUT2D eigenvalue weighted by Gasteiger charge is -2.29. The van der Waals surface area contributed by atoms with Crippen molar-refractivity contribution in [2.45, 2.75) is 25.2 Å². The monoisotopic (exact) mass is 453 g/mol. The third-order valence-electron chi connectivity index (χ3n) is 4.65. The standard InChI is InChI=1S/C17H17F6N5O3/c18-16(19,20)10-7-11(17(21,22)23)13(31-14(24)29)12(8-10)28-6-5-27(15(28)30)4-3-26-2-1-25-9-26/h1-2,7-9,15,30H,3-6H2,(H2,24,29). The second-order valence-electron chi connectivity index (χ2n) is 6.66. The highest BCUT2D eigenvalue weighted by molar-refractivity contribution is 5.75. The van der Waals surface area contributed by atoms with E-state index in [1.54, 1.807) is 10.8 Å². The average Bonchev–Trinajstić information content (AvgIpc) is 3.27. The molecule has 1 aliphatic heterocycles. The largest absolute Gasteiger partial charge is 0.420 e. The minimum absolute atomic E-state index is 0.126. The zero-order valence-electron chi connectivity index (χ0n) is 15.7. The zero-order valence-corrected chi connectivity index (χ0v) is 15.7. The number of aromatic nitrogens is 2. The molecule has 0 spiro atoms. The summed E-state index contributed by atoms with van der Waals surface area (Å²) in [5.41, 5.74) is 0.642. The zero-order chi connectivity index (χ0) is 23.0. The number of amides is 1. The van der Waals surface area contributed by atoms with Crippen LogP contribution in [0.25, 0.3) is 0 Å². The molecule has 3 N–H and O–H groups in total. The van der Waals surface area contributed by atoms with Crippen LogP contribution in [0, 0.1) is 0 Å². The Morgan fingerprint density at radius 2 is 1.87 bits per heavy atom. The molecular weight excluding hydrogens is 436 g/mol. The summed E-state index contributed by atoms with van der Waals surface area (Å²) in [6, 6.07) is 0.219. The maximum absolute atomic E-state index is 13.5. The molecule has 1 saturated heterocycles. The number of aliphatic hydroxyl groups excluding tert-OH is 1. The summed E-state index contributed by atoms with van der Waals surface area (Å²) in [6.07, 6.45) is -8.91. The van der Waals surface area contributed by atoms with Crippen molar-refractivity contribution in [3.8, 4) is 5.75 Å². The molecule has 14 heteroatoms. The molecule has 1 aromatic heterocycles. The molecule has 31 heavy (non-hydrogen) atoms. The summed E-state index contributed by atoms with van der Waals surface area (Å²) in [5.74, 6) is -1.21. The van der Waals surface area contributed by atoms with Gasteiger partial charge in [0.25, 0.3) is 0 Å². The maximum atomic E-state index is 13.5. The number of primary amides is 1. The van der Waals surface area contributed by atoms with Gasteiger partial charge in [0.2, 0.25) is 0 Å². The van der Waals surface area contributed by atoms with Crippen molar-refractivity contribution in [1.82, 2.24) is 14.5 Å². The van der Waals surface area contributed by atoms with Crippen LogP contribution in [-0.4, -0.2) is 51.6 Å². The number of alkyl halides is 6. The molecule has 2 heterocycles. The number of halogens is 6. The van der Waals surface area contributed by atoms with E-state index >= 15 is 0 Å². The number of benzene rings is 1. The number of carbonyl (C=O) groups excluding carboxylic acids is 1. The van der Waals surface area contributed by atoms with Gasteiger partial charge >= 0.3 is 18.4 Å².